The highest BCUT2D eigenvalue weighted by atomic mass is 16.1. The fraction of sp³-hybridized carbons (Fsp3) is 0.250. The van der Waals surface area contributed by atoms with E-state index in [1.807, 2.05) is 42.5 Å². The highest BCUT2D eigenvalue weighted by Crippen LogP contribution is 2.32. The monoisotopic (exact) mass is 306 g/mol. The van der Waals surface area contributed by atoms with Crippen LogP contribution in [0.4, 0.5) is 5.69 Å². The van der Waals surface area contributed by atoms with Gasteiger partial charge in [0.2, 0.25) is 0 Å². The summed E-state index contributed by atoms with van der Waals surface area (Å²) in [6.07, 6.45) is 2.08. The summed E-state index contributed by atoms with van der Waals surface area (Å²) in [6.45, 7) is 3.61. The summed E-state index contributed by atoms with van der Waals surface area (Å²) in [4.78, 5) is 11.5. The molecule has 0 radical (unpaired) electrons. The molecule has 23 heavy (non-hydrogen) atoms. The summed E-state index contributed by atoms with van der Waals surface area (Å²) in [5, 5.41) is 3.40. The molecule has 2 aromatic carbocycles. The molecule has 0 saturated carbocycles. The molecule has 1 aliphatic heterocycles. The molecule has 118 valence electrons. The topological polar surface area (TPSA) is 55.1 Å². The third-order valence-corrected chi connectivity index (χ3v) is 4.32. The van der Waals surface area contributed by atoms with Gasteiger partial charge in [-0.2, -0.15) is 0 Å². The van der Waals surface area contributed by atoms with Crippen LogP contribution >= 0.6 is 0 Å². The first kappa shape index (κ1) is 15.5. The van der Waals surface area contributed by atoms with Crippen LogP contribution < -0.4 is 11.1 Å². The van der Waals surface area contributed by atoms with Crippen molar-refractivity contribution >= 4 is 17.0 Å². The van der Waals surface area contributed by atoms with Crippen molar-refractivity contribution in [2.24, 2.45) is 0 Å². The Morgan fingerprint density at radius 2 is 1.61 bits per heavy atom. The summed E-state index contributed by atoms with van der Waals surface area (Å²) in [5.74, 6) is 0.0941. The van der Waals surface area contributed by atoms with Crippen molar-refractivity contribution in [1.82, 2.24) is 5.32 Å². The van der Waals surface area contributed by atoms with Gasteiger partial charge < -0.3 is 11.1 Å². The van der Waals surface area contributed by atoms with Crippen molar-refractivity contribution in [2.45, 2.75) is 19.8 Å². The first-order chi connectivity index (χ1) is 11.1. The number of carbonyl (C=O) groups excluding carboxylic acids is 1. The molecule has 0 unspecified atom stereocenters. The van der Waals surface area contributed by atoms with E-state index in [0.717, 1.165) is 48.3 Å². The lowest BCUT2D eigenvalue weighted by atomic mass is 9.88. The van der Waals surface area contributed by atoms with Gasteiger partial charge in [0.05, 0.1) is 0 Å². The largest absolute Gasteiger partial charge is 0.399 e. The van der Waals surface area contributed by atoms with Crippen LogP contribution in [-0.4, -0.2) is 18.9 Å². The van der Waals surface area contributed by atoms with Crippen molar-refractivity contribution in [3.63, 3.8) is 0 Å². The van der Waals surface area contributed by atoms with Gasteiger partial charge in [0, 0.05) is 11.3 Å². The molecule has 3 rings (SSSR count). The molecule has 2 aromatic rings. The summed E-state index contributed by atoms with van der Waals surface area (Å²) in [5.41, 5.74) is 12.5. The van der Waals surface area contributed by atoms with E-state index in [2.05, 4.69) is 11.4 Å². The Bertz CT molecular complexity index is 736. The molecule has 1 saturated heterocycles. The molecule has 1 heterocycles. The third kappa shape index (κ3) is 3.51. The van der Waals surface area contributed by atoms with E-state index in [1.165, 1.54) is 11.1 Å². The Hall–Kier alpha value is -2.39. The van der Waals surface area contributed by atoms with Crippen molar-refractivity contribution < 1.29 is 4.79 Å². The molecular formula is C20H22N2O. The number of rotatable bonds is 3. The lowest BCUT2D eigenvalue weighted by molar-refractivity contribution is 0.101. The number of nitrogen functional groups attached to an aromatic ring is 1. The van der Waals surface area contributed by atoms with E-state index in [4.69, 9.17) is 5.73 Å². The second-order valence-corrected chi connectivity index (χ2v) is 5.99. The lowest BCUT2D eigenvalue weighted by Gasteiger charge is -2.21. The van der Waals surface area contributed by atoms with Crippen LogP contribution in [0.1, 0.15) is 41.3 Å². The number of hydrogen-bond donors (Lipinski definition) is 2. The molecule has 0 spiro atoms. The molecule has 3 nitrogen and oxygen atoms in total. The Morgan fingerprint density at radius 3 is 2.22 bits per heavy atom. The van der Waals surface area contributed by atoms with Gasteiger partial charge in [0.25, 0.3) is 0 Å². The van der Waals surface area contributed by atoms with Gasteiger partial charge in [0.1, 0.15) is 0 Å². The number of anilines is 1. The standard InChI is InChI=1S/C20H22N2O/c1-14(23)15-5-7-16(8-6-15)20(17-9-11-22-12-10-17)18-3-2-4-19(21)13-18/h2-8,13,22H,9-12,21H2,1H3. The molecule has 3 heteroatoms. The van der Waals surface area contributed by atoms with Crippen LogP contribution in [0.2, 0.25) is 0 Å². The molecule has 1 aliphatic rings. The number of Topliss-reactive ketones (excluding diaryl/α,β-unsaturated/α-hetero) is 1. The van der Waals surface area contributed by atoms with E-state index < -0.39 is 0 Å². The number of nitrogens with two attached hydrogens (primary N) is 1. The van der Waals surface area contributed by atoms with Crippen molar-refractivity contribution in [1.29, 1.82) is 0 Å². The maximum Gasteiger partial charge on any atom is 0.159 e. The van der Waals surface area contributed by atoms with Gasteiger partial charge in [-0.15, -0.1) is 0 Å². The zero-order valence-electron chi connectivity index (χ0n) is 13.4. The quantitative estimate of drug-likeness (QED) is 0.672. The maximum atomic E-state index is 11.5. The maximum absolute atomic E-state index is 11.5. The van der Waals surface area contributed by atoms with Gasteiger partial charge in [-0.3, -0.25) is 4.79 Å². The van der Waals surface area contributed by atoms with Crippen LogP contribution in [0.25, 0.3) is 5.57 Å². The van der Waals surface area contributed by atoms with Crippen molar-refractivity contribution in [2.75, 3.05) is 18.8 Å². The van der Waals surface area contributed by atoms with Crippen molar-refractivity contribution in [3.8, 4) is 0 Å². The van der Waals surface area contributed by atoms with Crippen LogP contribution in [0, 0.1) is 0 Å². The lowest BCUT2D eigenvalue weighted by Crippen LogP contribution is -2.23. The predicted octanol–water partition coefficient (Wildman–Crippen LogP) is 3.66. The second kappa shape index (κ2) is 6.80. The van der Waals surface area contributed by atoms with Crippen molar-refractivity contribution in [3.05, 3.63) is 70.8 Å². The fourth-order valence-electron chi connectivity index (χ4n) is 3.12. The number of ketones is 1. The zero-order valence-corrected chi connectivity index (χ0v) is 13.4. The van der Waals surface area contributed by atoms with E-state index in [0.29, 0.717) is 0 Å². The molecule has 1 fully saturated rings. The van der Waals surface area contributed by atoms with E-state index >= 15 is 0 Å². The van der Waals surface area contributed by atoms with Gasteiger partial charge >= 0.3 is 0 Å². The fourth-order valence-corrected chi connectivity index (χ4v) is 3.12. The third-order valence-electron chi connectivity index (χ3n) is 4.32. The number of piperidine rings is 1. The minimum absolute atomic E-state index is 0.0941. The Morgan fingerprint density at radius 1 is 0.957 bits per heavy atom. The van der Waals surface area contributed by atoms with Crippen LogP contribution in [0.3, 0.4) is 0 Å². The number of carbonyl (C=O) groups is 1. The molecule has 0 aromatic heterocycles. The average Bonchev–Trinajstić information content (AvgIpc) is 2.57. The summed E-state index contributed by atoms with van der Waals surface area (Å²) in [7, 11) is 0. The number of benzene rings is 2. The van der Waals surface area contributed by atoms with Gasteiger partial charge in [-0.05, 0) is 61.7 Å². The van der Waals surface area contributed by atoms with E-state index in [-0.39, 0.29) is 5.78 Å². The Balaban J connectivity index is 2.10. The zero-order chi connectivity index (χ0) is 16.2. The summed E-state index contributed by atoms with van der Waals surface area (Å²) in [6, 6.07) is 16.0. The number of hydrogen-bond acceptors (Lipinski definition) is 3. The summed E-state index contributed by atoms with van der Waals surface area (Å²) >= 11 is 0. The first-order valence-electron chi connectivity index (χ1n) is 8.05. The smallest absolute Gasteiger partial charge is 0.159 e. The van der Waals surface area contributed by atoms with E-state index in [1.54, 1.807) is 6.92 Å². The molecule has 0 bridgehead atoms. The predicted molar refractivity (Wildman–Crippen MR) is 95.4 cm³/mol. The van der Waals surface area contributed by atoms with Gasteiger partial charge in [0.15, 0.2) is 5.78 Å². The van der Waals surface area contributed by atoms with Crippen LogP contribution in [-0.2, 0) is 0 Å². The van der Waals surface area contributed by atoms with Crippen LogP contribution in [0.15, 0.2) is 54.1 Å². The van der Waals surface area contributed by atoms with Gasteiger partial charge in [-0.25, -0.2) is 0 Å². The van der Waals surface area contributed by atoms with Gasteiger partial charge in [-0.1, -0.05) is 42.0 Å². The summed E-state index contributed by atoms with van der Waals surface area (Å²) < 4.78 is 0. The highest BCUT2D eigenvalue weighted by Gasteiger charge is 2.15. The first-order valence-corrected chi connectivity index (χ1v) is 8.05. The highest BCUT2D eigenvalue weighted by molar-refractivity contribution is 5.94. The van der Waals surface area contributed by atoms with E-state index in [9.17, 15) is 4.79 Å². The minimum atomic E-state index is 0.0941. The second-order valence-electron chi connectivity index (χ2n) is 5.99. The average molecular weight is 306 g/mol. The SMILES string of the molecule is CC(=O)c1ccc(C(=C2CCNCC2)c2cccc(N)c2)cc1. The minimum Gasteiger partial charge on any atom is -0.399 e. The van der Waals surface area contributed by atoms with Crippen LogP contribution in [0.5, 0.6) is 0 Å². The number of nitrogens with one attached hydrogen (secondary N) is 1. The molecule has 0 amide bonds. The normalized spacial score (nSPS) is 14.6. The molecular weight excluding hydrogens is 284 g/mol. The molecule has 0 aliphatic carbocycles. The Labute approximate surface area is 137 Å². The molecule has 3 N–H and O–H groups in total. The Kier molecular flexibility index (Phi) is 4.58. The molecule has 0 atom stereocenters.